The number of ether oxygens (including phenoxy) is 1. The number of hydrogen-bond acceptors (Lipinski definition) is 3. The monoisotopic (exact) mass is 253 g/mol. The Morgan fingerprint density at radius 3 is 2.50 bits per heavy atom. The first-order valence-corrected chi connectivity index (χ1v) is 5.49. The molecule has 1 aromatic carbocycles. The molecular weight excluding hydrogens is 237 g/mol. The van der Waals surface area contributed by atoms with E-state index in [4.69, 9.17) is 4.74 Å². The quantitative estimate of drug-likeness (QED) is 0.823. The van der Waals surface area contributed by atoms with E-state index < -0.39 is 17.5 Å². The van der Waals surface area contributed by atoms with Gasteiger partial charge < -0.3 is 4.74 Å². The van der Waals surface area contributed by atoms with E-state index >= 15 is 0 Å². The third-order valence-corrected chi connectivity index (χ3v) is 2.21. The summed E-state index contributed by atoms with van der Waals surface area (Å²) >= 11 is 0. The summed E-state index contributed by atoms with van der Waals surface area (Å²) in [6, 6.07) is 2.49. The van der Waals surface area contributed by atoms with Gasteiger partial charge in [-0.2, -0.15) is 0 Å². The Kier molecular flexibility index (Phi) is 4.06. The van der Waals surface area contributed by atoms with Crippen LogP contribution in [0.5, 0.6) is 0 Å². The molecule has 0 atom stereocenters. The van der Waals surface area contributed by atoms with Crippen molar-refractivity contribution in [1.82, 2.24) is 0 Å². The molecule has 0 saturated carbocycles. The van der Waals surface area contributed by atoms with Crippen LogP contribution in [0.25, 0.3) is 0 Å². The Morgan fingerprint density at radius 2 is 2.00 bits per heavy atom. The molecule has 1 rings (SSSR count). The average Bonchev–Trinajstić information content (AvgIpc) is 2.22. The van der Waals surface area contributed by atoms with Crippen LogP contribution in [-0.2, 0) is 4.74 Å². The van der Waals surface area contributed by atoms with Gasteiger partial charge in [-0.25, -0.2) is 9.18 Å². The van der Waals surface area contributed by atoms with E-state index in [2.05, 4.69) is 5.32 Å². The molecule has 0 aromatic heterocycles. The van der Waals surface area contributed by atoms with Crippen LogP contribution >= 0.6 is 0 Å². The van der Waals surface area contributed by atoms with Gasteiger partial charge in [0.15, 0.2) is 0 Å². The summed E-state index contributed by atoms with van der Waals surface area (Å²) in [6.07, 6.45) is -0.151. The van der Waals surface area contributed by atoms with Crippen molar-refractivity contribution >= 4 is 18.1 Å². The molecule has 5 heteroatoms. The molecule has 0 aliphatic rings. The highest BCUT2D eigenvalue weighted by molar-refractivity contribution is 5.89. The first kappa shape index (κ1) is 14.2. The summed E-state index contributed by atoms with van der Waals surface area (Å²) in [7, 11) is 0. The standard InChI is InChI=1S/C13H16FNO3/c1-8-9(7-16)5-6-10(14)11(8)15-12(17)18-13(2,3)4/h5-7H,1-4H3,(H,15,17). The Bertz CT molecular complexity index is 478. The van der Waals surface area contributed by atoms with Crippen molar-refractivity contribution in [3.05, 3.63) is 29.1 Å². The van der Waals surface area contributed by atoms with E-state index in [9.17, 15) is 14.0 Å². The molecule has 18 heavy (non-hydrogen) atoms. The second-order valence-electron chi connectivity index (χ2n) is 4.88. The van der Waals surface area contributed by atoms with Crippen LogP contribution in [0.4, 0.5) is 14.9 Å². The molecule has 0 aliphatic carbocycles. The lowest BCUT2D eigenvalue weighted by atomic mass is 10.1. The maximum Gasteiger partial charge on any atom is 0.412 e. The van der Waals surface area contributed by atoms with E-state index in [-0.39, 0.29) is 5.69 Å². The number of amides is 1. The van der Waals surface area contributed by atoms with Crippen molar-refractivity contribution in [1.29, 1.82) is 0 Å². The molecule has 98 valence electrons. The van der Waals surface area contributed by atoms with Crippen LogP contribution in [0.15, 0.2) is 12.1 Å². The topological polar surface area (TPSA) is 55.4 Å². The van der Waals surface area contributed by atoms with Gasteiger partial charge >= 0.3 is 6.09 Å². The van der Waals surface area contributed by atoms with Crippen LogP contribution in [0.2, 0.25) is 0 Å². The highest BCUT2D eigenvalue weighted by Crippen LogP contribution is 2.22. The zero-order valence-corrected chi connectivity index (χ0v) is 10.8. The molecular formula is C13H16FNO3. The zero-order chi connectivity index (χ0) is 13.9. The summed E-state index contributed by atoms with van der Waals surface area (Å²) in [4.78, 5) is 22.3. The van der Waals surface area contributed by atoms with Crippen LogP contribution in [0.3, 0.4) is 0 Å². The first-order valence-electron chi connectivity index (χ1n) is 5.49. The maximum absolute atomic E-state index is 13.6. The summed E-state index contributed by atoms with van der Waals surface area (Å²) < 4.78 is 18.6. The second kappa shape index (κ2) is 5.16. The zero-order valence-electron chi connectivity index (χ0n) is 10.8. The molecule has 0 spiro atoms. The Balaban J connectivity index is 2.97. The number of aldehydes is 1. The highest BCUT2D eigenvalue weighted by Gasteiger charge is 2.19. The lowest BCUT2D eigenvalue weighted by molar-refractivity contribution is 0.0635. The molecule has 4 nitrogen and oxygen atoms in total. The number of halogens is 1. The Hall–Kier alpha value is -1.91. The minimum absolute atomic E-state index is 0.0335. The van der Waals surface area contributed by atoms with E-state index in [0.717, 1.165) is 6.07 Å². The van der Waals surface area contributed by atoms with Gasteiger partial charge in [0.25, 0.3) is 0 Å². The molecule has 0 fully saturated rings. The molecule has 0 bridgehead atoms. The van der Waals surface area contributed by atoms with Crippen LogP contribution in [0.1, 0.15) is 36.7 Å². The van der Waals surface area contributed by atoms with Gasteiger partial charge in [-0.15, -0.1) is 0 Å². The van der Waals surface area contributed by atoms with Crippen molar-refractivity contribution in [3.63, 3.8) is 0 Å². The molecule has 0 radical (unpaired) electrons. The largest absolute Gasteiger partial charge is 0.444 e. The summed E-state index contributed by atoms with van der Waals surface area (Å²) in [5.74, 6) is -0.607. The van der Waals surface area contributed by atoms with Gasteiger partial charge in [-0.05, 0) is 45.4 Å². The van der Waals surface area contributed by atoms with Gasteiger partial charge in [0.2, 0.25) is 0 Å². The van der Waals surface area contributed by atoms with Crippen molar-refractivity contribution < 1.29 is 18.7 Å². The number of rotatable bonds is 2. The minimum Gasteiger partial charge on any atom is -0.444 e. The Labute approximate surface area is 105 Å². The van der Waals surface area contributed by atoms with Crippen molar-refractivity contribution in [3.8, 4) is 0 Å². The van der Waals surface area contributed by atoms with Crippen LogP contribution in [-0.4, -0.2) is 18.0 Å². The van der Waals surface area contributed by atoms with Crippen molar-refractivity contribution in [2.24, 2.45) is 0 Å². The smallest absolute Gasteiger partial charge is 0.412 e. The fourth-order valence-corrected chi connectivity index (χ4v) is 1.38. The van der Waals surface area contributed by atoms with Gasteiger partial charge in [0.05, 0.1) is 5.69 Å². The highest BCUT2D eigenvalue weighted by atomic mass is 19.1. The second-order valence-corrected chi connectivity index (χ2v) is 4.88. The van der Waals surface area contributed by atoms with E-state index in [0.29, 0.717) is 17.4 Å². The number of nitrogens with one attached hydrogen (secondary N) is 1. The molecule has 1 N–H and O–H groups in total. The Morgan fingerprint density at radius 1 is 1.39 bits per heavy atom. The molecule has 0 aliphatic heterocycles. The predicted molar refractivity (Wildman–Crippen MR) is 66.4 cm³/mol. The normalized spacial score (nSPS) is 10.9. The van der Waals surface area contributed by atoms with Gasteiger partial charge in [-0.3, -0.25) is 10.1 Å². The fourth-order valence-electron chi connectivity index (χ4n) is 1.38. The number of benzene rings is 1. The summed E-state index contributed by atoms with van der Waals surface area (Å²) in [5, 5.41) is 2.31. The molecule has 0 heterocycles. The van der Waals surface area contributed by atoms with Crippen molar-refractivity contribution in [2.45, 2.75) is 33.3 Å². The van der Waals surface area contributed by atoms with E-state index in [1.54, 1.807) is 27.7 Å². The summed E-state index contributed by atoms with van der Waals surface area (Å²) in [5.41, 5.74) is -0.0105. The SMILES string of the molecule is Cc1c(C=O)ccc(F)c1NC(=O)OC(C)(C)C. The van der Waals surface area contributed by atoms with Crippen LogP contribution < -0.4 is 5.32 Å². The van der Waals surface area contributed by atoms with Gasteiger partial charge in [0, 0.05) is 5.56 Å². The van der Waals surface area contributed by atoms with E-state index in [1.807, 2.05) is 0 Å². The summed E-state index contributed by atoms with van der Waals surface area (Å²) in [6.45, 7) is 6.67. The maximum atomic E-state index is 13.6. The molecule has 0 unspecified atom stereocenters. The number of hydrogen-bond donors (Lipinski definition) is 1. The molecule has 1 amide bonds. The molecule has 0 saturated heterocycles. The fraction of sp³-hybridized carbons (Fsp3) is 0.385. The van der Waals surface area contributed by atoms with Gasteiger partial charge in [0.1, 0.15) is 17.7 Å². The lowest BCUT2D eigenvalue weighted by Crippen LogP contribution is -2.27. The average molecular weight is 253 g/mol. The number of anilines is 1. The predicted octanol–water partition coefficient (Wildman–Crippen LogP) is 3.29. The number of carbonyl (C=O) groups is 2. The first-order chi connectivity index (χ1) is 8.24. The third-order valence-electron chi connectivity index (χ3n) is 2.21. The van der Waals surface area contributed by atoms with E-state index in [1.165, 1.54) is 6.07 Å². The van der Waals surface area contributed by atoms with Gasteiger partial charge in [-0.1, -0.05) is 0 Å². The lowest BCUT2D eigenvalue weighted by Gasteiger charge is -2.20. The number of carbonyl (C=O) groups excluding carboxylic acids is 2. The molecule has 1 aromatic rings. The minimum atomic E-state index is -0.757. The third kappa shape index (κ3) is 3.55. The van der Waals surface area contributed by atoms with Crippen LogP contribution in [0, 0.1) is 12.7 Å². The van der Waals surface area contributed by atoms with Crippen molar-refractivity contribution in [2.75, 3.05) is 5.32 Å².